The van der Waals surface area contributed by atoms with E-state index in [1.165, 1.54) is 0 Å². The van der Waals surface area contributed by atoms with Gasteiger partial charge in [-0.3, -0.25) is 4.79 Å². The number of amides is 1. The van der Waals surface area contributed by atoms with Crippen LogP contribution in [0.1, 0.15) is 25.3 Å². The standard InChI is InChI=1S/C16H18N6O4S2/c1-9(2)14(23)19-15-20-21-16(27-15)28(24,25)17-8-12-18-13(22-26-12)11-6-4-10(3)5-7-11/h4-7,9,17H,8H2,1-3H3,(H,19,20,23). The first-order valence-electron chi connectivity index (χ1n) is 8.28. The number of anilines is 1. The van der Waals surface area contributed by atoms with E-state index in [0.717, 1.165) is 22.5 Å². The van der Waals surface area contributed by atoms with Crippen LogP contribution in [0.15, 0.2) is 33.1 Å². The molecule has 0 radical (unpaired) electrons. The van der Waals surface area contributed by atoms with Crippen molar-refractivity contribution in [2.45, 2.75) is 31.7 Å². The third-order valence-corrected chi connectivity index (χ3v) is 6.19. The highest BCUT2D eigenvalue weighted by Crippen LogP contribution is 2.21. The van der Waals surface area contributed by atoms with Crippen LogP contribution in [-0.2, 0) is 21.4 Å². The maximum Gasteiger partial charge on any atom is 0.270 e. The quantitative estimate of drug-likeness (QED) is 0.551. The number of benzene rings is 1. The molecule has 0 bridgehead atoms. The number of hydrogen-bond acceptors (Lipinski definition) is 9. The van der Waals surface area contributed by atoms with E-state index in [1.54, 1.807) is 13.8 Å². The molecule has 10 nitrogen and oxygen atoms in total. The molecule has 12 heteroatoms. The number of carbonyl (C=O) groups is 1. The lowest BCUT2D eigenvalue weighted by atomic mass is 10.1. The van der Waals surface area contributed by atoms with Gasteiger partial charge in [0.2, 0.25) is 27.1 Å². The minimum absolute atomic E-state index is 0.108. The zero-order chi connectivity index (χ0) is 20.3. The number of sulfonamides is 1. The van der Waals surface area contributed by atoms with E-state index >= 15 is 0 Å². The van der Waals surface area contributed by atoms with Gasteiger partial charge in [0.05, 0.1) is 6.54 Å². The lowest BCUT2D eigenvalue weighted by Crippen LogP contribution is -2.23. The summed E-state index contributed by atoms with van der Waals surface area (Å²) >= 11 is 0.753. The maximum absolute atomic E-state index is 12.3. The van der Waals surface area contributed by atoms with E-state index in [9.17, 15) is 13.2 Å². The molecule has 2 N–H and O–H groups in total. The van der Waals surface area contributed by atoms with Crippen LogP contribution < -0.4 is 10.0 Å². The second-order valence-corrected chi connectivity index (χ2v) is 9.14. The average molecular weight is 422 g/mol. The largest absolute Gasteiger partial charge is 0.338 e. The minimum atomic E-state index is -3.94. The van der Waals surface area contributed by atoms with Gasteiger partial charge in [0, 0.05) is 11.5 Å². The molecule has 0 aliphatic carbocycles. The van der Waals surface area contributed by atoms with Gasteiger partial charge in [0.15, 0.2) is 0 Å². The van der Waals surface area contributed by atoms with Gasteiger partial charge in [-0.05, 0) is 6.92 Å². The third-order valence-electron chi connectivity index (χ3n) is 3.58. The zero-order valence-corrected chi connectivity index (χ0v) is 17.0. The van der Waals surface area contributed by atoms with Gasteiger partial charge >= 0.3 is 0 Å². The molecular formula is C16H18N6O4S2. The van der Waals surface area contributed by atoms with Crippen LogP contribution >= 0.6 is 11.3 Å². The van der Waals surface area contributed by atoms with Gasteiger partial charge in [-0.25, -0.2) is 8.42 Å². The summed E-state index contributed by atoms with van der Waals surface area (Å²) in [5.41, 5.74) is 1.86. The lowest BCUT2D eigenvalue weighted by molar-refractivity contribution is -0.118. The second kappa shape index (κ2) is 8.12. The average Bonchev–Trinajstić information content (AvgIpc) is 3.30. The number of aryl methyl sites for hydroxylation is 1. The van der Waals surface area contributed by atoms with Gasteiger partial charge in [0.25, 0.3) is 10.0 Å². The molecule has 0 spiro atoms. The number of hydrogen-bond donors (Lipinski definition) is 2. The molecule has 2 aromatic heterocycles. The number of nitrogens with one attached hydrogen (secondary N) is 2. The van der Waals surface area contributed by atoms with E-state index in [-0.39, 0.29) is 33.7 Å². The summed E-state index contributed by atoms with van der Waals surface area (Å²) in [5, 5.41) is 13.8. The predicted molar refractivity (Wildman–Crippen MR) is 102 cm³/mol. The fraction of sp³-hybridized carbons (Fsp3) is 0.312. The Morgan fingerprint density at radius 3 is 2.61 bits per heavy atom. The van der Waals surface area contributed by atoms with Crippen molar-refractivity contribution < 1.29 is 17.7 Å². The fourth-order valence-electron chi connectivity index (χ4n) is 1.98. The van der Waals surface area contributed by atoms with Crippen LogP contribution in [0.5, 0.6) is 0 Å². The summed E-state index contributed by atoms with van der Waals surface area (Å²) in [7, 11) is -3.94. The Morgan fingerprint density at radius 2 is 1.93 bits per heavy atom. The normalized spacial score (nSPS) is 11.7. The summed E-state index contributed by atoms with van der Waals surface area (Å²) in [4.78, 5) is 15.8. The number of rotatable bonds is 7. The summed E-state index contributed by atoms with van der Waals surface area (Å²) in [6.45, 7) is 5.19. The second-order valence-electron chi connectivity index (χ2n) is 6.22. The van der Waals surface area contributed by atoms with Crippen LogP contribution in [0.25, 0.3) is 11.4 Å². The molecule has 3 aromatic rings. The van der Waals surface area contributed by atoms with Crippen molar-refractivity contribution in [1.29, 1.82) is 0 Å². The summed E-state index contributed by atoms with van der Waals surface area (Å²) in [5.74, 6) is -0.0642. The molecular weight excluding hydrogens is 404 g/mol. The number of carbonyl (C=O) groups excluding carboxylic acids is 1. The van der Waals surface area contributed by atoms with E-state index in [1.807, 2.05) is 31.2 Å². The van der Waals surface area contributed by atoms with Gasteiger partial charge < -0.3 is 9.84 Å². The smallest absolute Gasteiger partial charge is 0.270 e. The summed E-state index contributed by atoms with van der Waals surface area (Å²) in [6, 6.07) is 7.53. The van der Waals surface area contributed by atoms with Crippen LogP contribution in [0.4, 0.5) is 5.13 Å². The molecule has 0 fully saturated rings. The minimum Gasteiger partial charge on any atom is -0.338 e. The molecule has 0 aliphatic heterocycles. The van der Waals surface area contributed by atoms with Crippen LogP contribution in [0, 0.1) is 12.8 Å². The molecule has 0 saturated carbocycles. The van der Waals surface area contributed by atoms with Crippen LogP contribution in [0.2, 0.25) is 0 Å². The van der Waals surface area contributed by atoms with Crippen molar-refractivity contribution in [2.75, 3.05) is 5.32 Å². The molecule has 148 valence electrons. The first-order valence-corrected chi connectivity index (χ1v) is 10.6. The fourth-order valence-corrected chi connectivity index (χ4v) is 3.90. The lowest BCUT2D eigenvalue weighted by Gasteiger charge is -2.02. The number of nitrogens with zero attached hydrogens (tertiary/aromatic N) is 4. The van der Waals surface area contributed by atoms with Crippen molar-refractivity contribution in [3.63, 3.8) is 0 Å². The molecule has 3 rings (SSSR count). The molecule has 0 atom stereocenters. The van der Waals surface area contributed by atoms with E-state index in [2.05, 4.69) is 30.4 Å². The highest BCUT2D eigenvalue weighted by atomic mass is 32.2. The molecule has 0 aliphatic rings. The summed E-state index contributed by atoms with van der Waals surface area (Å²) < 4.78 is 31.8. The number of aromatic nitrogens is 4. The molecule has 0 unspecified atom stereocenters. The molecule has 0 saturated heterocycles. The Hall–Kier alpha value is -2.70. The Balaban J connectivity index is 1.65. The first kappa shape index (κ1) is 20.0. The van der Waals surface area contributed by atoms with Crippen LogP contribution in [-0.4, -0.2) is 34.7 Å². The van der Waals surface area contributed by atoms with Crippen LogP contribution in [0.3, 0.4) is 0 Å². The van der Waals surface area contributed by atoms with E-state index in [4.69, 9.17) is 4.52 Å². The third kappa shape index (κ3) is 4.77. The van der Waals surface area contributed by atoms with Crippen molar-refractivity contribution in [1.82, 2.24) is 25.1 Å². The van der Waals surface area contributed by atoms with Crippen molar-refractivity contribution in [3.05, 3.63) is 35.7 Å². The Labute approximate surface area is 165 Å². The Kier molecular flexibility index (Phi) is 5.82. The zero-order valence-electron chi connectivity index (χ0n) is 15.3. The van der Waals surface area contributed by atoms with Gasteiger partial charge in [-0.1, -0.05) is 60.2 Å². The van der Waals surface area contributed by atoms with Gasteiger partial charge in [-0.2, -0.15) is 9.71 Å². The maximum atomic E-state index is 12.3. The molecule has 1 amide bonds. The van der Waals surface area contributed by atoms with Gasteiger partial charge in [0.1, 0.15) is 0 Å². The Bertz CT molecular complexity index is 1070. The summed E-state index contributed by atoms with van der Waals surface area (Å²) in [6.07, 6.45) is 0. The van der Waals surface area contributed by atoms with E-state index in [0.29, 0.717) is 5.82 Å². The van der Waals surface area contributed by atoms with Gasteiger partial charge in [-0.15, -0.1) is 10.2 Å². The Morgan fingerprint density at radius 1 is 1.21 bits per heavy atom. The SMILES string of the molecule is Cc1ccc(-c2noc(CNS(=O)(=O)c3nnc(NC(=O)C(C)C)s3)n2)cc1. The highest BCUT2D eigenvalue weighted by molar-refractivity contribution is 7.91. The van der Waals surface area contributed by atoms with Crippen molar-refractivity contribution in [2.24, 2.45) is 5.92 Å². The topological polar surface area (TPSA) is 140 Å². The molecule has 2 heterocycles. The predicted octanol–water partition coefficient (Wildman–Crippen LogP) is 1.97. The molecule has 28 heavy (non-hydrogen) atoms. The molecule has 1 aromatic carbocycles. The monoisotopic (exact) mass is 422 g/mol. The van der Waals surface area contributed by atoms with E-state index < -0.39 is 10.0 Å². The highest BCUT2D eigenvalue weighted by Gasteiger charge is 2.22. The van der Waals surface area contributed by atoms with Crippen molar-refractivity contribution >= 4 is 32.4 Å². The van der Waals surface area contributed by atoms with Crippen molar-refractivity contribution in [3.8, 4) is 11.4 Å². The first-order chi connectivity index (χ1) is 13.2.